The molecule has 96 valence electrons. The van der Waals surface area contributed by atoms with Crippen molar-refractivity contribution in [2.45, 2.75) is 44.5 Å². The molecule has 0 N–H and O–H groups in total. The molecule has 3 nitrogen and oxygen atoms in total. The maximum Gasteiger partial charge on any atom is 0.124 e. The molecule has 18 heavy (non-hydrogen) atoms. The first kappa shape index (κ1) is 12.0. The number of aryl methyl sites for hydroxylation is 1. The number of pyridine rings is 1. The molecule has 0 spiro atoms. The summed E-state index contributed by atoms with van der Waals surface area (Å²) in [6.07, 6.45) is 10.5. The summed E-state index contributed by atoms with van der Waals surface area (Å²) in [7, 11) is 0. The summed E-state index contributed by atoms with van der Waals surface area (Å²) in [5.41, 5.74) is 2.12. The molecule has 2 aromatic heterocycles. The van der Waals surface area contributed by atoms with Crippen molar-refractivity contribution in [1.29, 1.82) is 0 Å². The minimum absolute atomic E-state index is 0.472. The summed E-state index contributed by atoms with van der Waals surface area (Å²) in [5.74, 6) is 2.34. The van der Waals surface area contributed by atoms with E-state index in [1.54, 1.807) is 0 Å². The van der Waals surface area contributed by atoms with Crippen LogP contribution >= 0.6 is 11.6 Å². The van der Waals surface area contributed by atoms with E-state index in [0.29, 0.717) is 5.88 Å². The Hall–Kier alpha value is -1.09. The number of imidazole rings is 1. The molecule has 0 radical (unpaired) electrons. The molecule has 3 rings (SSSR count). The van der Waals surface area contributed by atoms with E-state index in [2.05, 4.69) is 14.5 Å². The lowest BCUT2D eigenvalue weighted by atomic mass is 10.0. The molecule has 1 saturated carbocycles. The van der Waals surface area contributed by atoms with Crippen molar-refractivity contribution < 1.29 is 0 Å². The summed E-state index contributed by atoms with van der Waals surface area (Å²) in [4.78, 5) is 8.67. The first-order chi connectivity index (χ1) is 8.88. The second-order valence-electron chi connectivity index (χ2n) is 5.12. The van der Waals surface area contributed by atoms with Crippen LogP contribution in [-0.2, 0) is 12.4 Å². The third-order valence-corrected chi connectivity index (χ3v) is 4.22. The van der Waals surface area contributed by atoms with E-state index >= 15 is 0 Å². The highest BCUT2D eigenvalue weighted by Gasteiger charge is 2.16. The molecular weight excluding hydrogens is 246 g/mol. The number of fused-ring (bicyclic) bond motifs is 1. The van der Waals surface area contributed by atoms with Crippen molar-refractivity contribution in [2.75, 3.05) is 0 Å². The van der Waals surface area contributed by atoms with Crippen molar-refractivity contribution >= 4 is 22.6 Å². The van der Waals surface area contributed by atoms with E-state index in [0.717, 1.165) is 23.8 Å². The zero-order valence-corrected chi connectivity index (χ0v) is 11.2. The SMILES string of the molecule is ClCc1nc2cnccc2n1CCC1CCCC1. The molecule has 1 aliphatic carbocycles. The lowest BCUT2D eigenvalue weighted by molar-refractivity contribution is 0.458. The monoisotopic (exact) mass is 263 g/mol. The van der Waals surface area contributed by atoms with Gasteiger partial charge in [-0.2, -0.15) is 0 Å². The largest absolute Gasteiger partial charge is 0.327 e. The molecule has 0 saturated heterocycles. The van der Waals surface area contributed by atoms with Crippen molar-refractivity contribution in [2.24, 2.45) is 5.92 Å². The average Bonchev–Trinajstić information content (AvgIpc) is 3.03. The van der Waals surface area contributed by atoms with E-state index < -0.39 is 0 Å². The first-order valence-corrected chi connectivity index (χ1v) is 7.27. The third-order valence-electron chi connectivity index (χ3n) is 3.98. The van der Waals surface area contributed by atoms with Crippen LogP contribution in [0.2, 0.25) is 0 Å². The summed E-state index contributed by atoms with van der Waals surface area (Å²) in [6, 6.07) is 2.03. The smallest absolute Gasteiger partial charge is 0.124 e. The third kappa shape index (κ3) is 2.24. The number of hydrogen-bond acceptors (Lipinski definition) is 2. The van der Waals surface area contributed by atoms with E-state index in [-0.39, 0.29) is 0 Å². The fourth-order valence-electron chi connectivity index (χ4n) is 2.99. The highest BCUT2D eigenvalue weighted by Crippen LogP contribution is 2.28. The van der Waals surface area contributed by atoms with E-state index in [1.807, 2.05) is 18.5 Å². The van der Waals surface area contributed by atoms with Crippen molar-refractivity contribution in [3.63, 3.8) is 0 Å². The van der Waals surface area contributed by atoms with Crippen LogP contribution in [0.5, 0.6) is 0 Å². The minimum atomic E-state index is 0.472. The van der Waals surface area contributed by atoms with Gasteiger partial charge in [0.1, 0.15) is 11.3 Å². The molecule has 0 unspecified atom stereocenters. The van der Waals surface area contributed by atoms with Gasteiger partial charge in [0.25, 0.3) is 0 Å². The Morgan fingerprint density at radius 1 is 1.33 bits per heavy atom. The Labute approximate surface area is 112 Å². The van der Waals surface area contributed by atoms with Gasteiger partial charge in [-0.15, -0.1) is 11.6 Å². The van der Waals surface area contributed by atoms with Crippen LogP contribution in [0, 0.1) is 5.92 Å². The van der Waals surface area contributed by atoms with Gasteiger partial charge >= 0.3 is 0 Å². The van der Waals surface area contributed by atoms with Crippen LogP contribution in [0.1, 0.15) is 37.9 Å². The van der Waals surface area contributed by atoms with E-state index in [1.165, 1.54) is 37.6 Å². The maximum atomic E-state index is 6.00. The molecule has 4 heteroatoms. The summed E-state index contributed by atoms with van der Waals surface area (Å²) < 4.78 is 2.27. The topological polar surface area (TPSA) is 30.7 Å². The molecule has 0 atom stereocenters. The van der Waals surface area contributed by atoms with Crippen LogP contribution in [0.3, 0.4) is 0 Å². The number of halogens is 1. The predicted octanol–water partition coefficient (Wildman–Crippen LogP) is 3.75. The number of alkyl halides is 1. The molecule has 0 bridgehead atoms. The number of nitrogens with zero attached hydrogens (tertiary/aromatic N) is 3. The van der Waals surface area contributed by atoms with Gasteiger partial charge in [0.2, 0.25) is 0 Å². The van der Waals surface area contributed by atoms with Gasteiger partial charge in [-0.05, 0) is 18.4 Å². The summed E-state index contributed by atoms with van der Waals surface area (Å²) >= 11 is 6.00. The van der Waals surface area contributed by atoms with Crippen molar-refractivity contribution in [1.82, 2.24) is 14.5 Å². The van der Waals surface area contributed by atoms with Gasteiger partial charge in [0.05, 0.1) is 17.6 Å². The van der Waals surface area contributed by atoms with E-state index in [9.17, 15) is 0 Å². The lowest BCUT2D eigenvalue weighted by Gasteiger charge is -2.11. The molecule has 2 aromatic rings. The lowest BCUT2D eigenvalue weighted by Crippen LogP contribution is -2.06. The van der Waals surface area contributed by atoms with Gasteiger partial charge < -0.3 is 4.57 Å². The summed E-state index contributed by atoms with van der Waals surface area (Å²) in [6.45, 7) is 1.03. The molecule has 0 aliphatic heterocycles. The number of hydrogen-bond donors (Lipinski definition) is 0. The predicted molar refractivity (Wildman–Crippen MR) is 73.7 cm³/mol. The molecule has 2 heterocycles. The zero-order chi connectivity index (χ0) is 12.4. The maximum absolute atomic E-state index is 6.00. The molecular formula is C14H18ClN3. The minimum Gasteiger partial charge on any atom is -0.327 e. The molecule has 1 aliphatic rings. The normalized spacial score (nSPS) is 16.7. The average molecular weight is 264 g/mol. The van der Waals surface area contributed by atoms with Crippen LogP contribution in [-0.4, -0.2) is 14.5 Å². The van der Waals surface area contributed by atoms with Gasteiger partial charge in [-0.25, -0.2) is 4.98 Å². The Morgan fingerprint density at radius 2 is 2.17 bits per heavy atom. The Balaban J connectivity index is 1.84. The van der Waals surface area contributed by atoms with Gasteiger partial charge in [-0.1, -0.05) is 25.7 Å². The molecule has 0 aromatic carbocycles. The van der Waals surface area contributed by atoms with Gasteiger partial charge in [0, 0.05) is 12.7 Å². The first-order valence-electron chi connectivity index (χ1n) is 6.73. The van der Waals surface area contributed by atoms with Crippen LogP contribution in [0.4, 0.5) is 0 Å². The fraction of sp³-hybridized carbons (Fsp3) is 0.571. The second-order valence-corrected chi connectivity index (χ2v) is 5.38. The fourth-order valence-corrected chi connectivity index (χ4v) is 3.20. The van der Waals surface area contributed by atoms with Gasteiger partial charge in [-0.3, -0.25) is 4.98 Å². The number of aromatic nitrogens is 3. The summed E-state index contributed by atoms with van der Waals surface area (Å²) in [5, 5.41) is 0. The van der Waals surface area contributed by atoms with E-state index in [4.69, 9.17) is 11.6 Å². The van der Waals surface area contributed by atoms with Crippen molar-refractivity contribution in [3.05, 3.63) is 24.3 Å². The van der Waals surface area contributed by atoms with Crippen LogP contribution < -0.4 is 0 Å². The highest BCUT2D eigenvalue weighted by molar-refractivity contribution is 6.16. The second kappa shape index (κ2) is 5.27. The van der Waals surface area contributed by atoms with Crippen molar-refractivity contribution in [3.8, 4) is 0 Å². The Kier molecular flexibility index (Phi) is 3.50. The highest BCUT2D eigenvalue weighted by atomic mass is 35.5. The van der Waals surface area contributed by atoms with Crippen LogP contribution in [0.15, 0.2) is 18.5 Å². The van der Waals surface area contributed by atoms with Crippen LogP contribution in [0.25, 0.3) is 11.0 Å². The quantitative estimate of drug-likeness (QED) is 0.787. The zero-order valence-electron chi connectivity index (χ0n) is 10.5. The molecule has 0 amide bonds. The van der Waals surface area contributed by atoms with Gasteiger partial charge in [0.15, 0.2) is 0 Å². The Morgan fingerprint density at radius 3 is 2.94 bits per heavy atom. The standard InChI is InChI=1S/C14H18ClN3/c15-9-14-17-12-10-16-7-5-13(12)18(14)8-6-11-3-1-2-4-11/h5,7,10-11H,1-4,6,8-9H2. The number of rotatable bonds is 4. The molecule has 1 fully saturated rings. The Bertz CT molecular complexity index is 529.